The average Bonchev–Trinajstić information content (AvgIpc) is 3.31. The molecule has 7 heteroatoms. The second-order valence-corrected chi connectivity index (χ2v) is 8.78. The van der Waals surface area contributed by atoms with Gasteiger partial charge >= 0.3 is 18.0 Å². The molecule has 2 rings (SSSR count). The van der Waals surface area contributed by atoms with E-state index in [1.54, 1.807) is 20.8 Å². The third kappa shape index (κ3) is 13.9. The fourth-order valence-electron chi connectivity index (χ4n) is 3.61. The highest BCUT2D eigenvalue weighted by atomic mass is 16.4. The first-order valence-electron chi connectivity index (χ1n) is 12.1. The Morgan fingerprint density at radius 2 is 1.83 bits per heavy atom. The van der Waals surface area contributed by atoms with Crippen molar-refractivity contribution in [1.82, 2.24) is 10.2 Å². The van der Waals surface area contributed by atoms with E-state index in [1.807, 2.05) is 0 Å². The Bertz CT molecular complexity index is 845. The predicted octanol–water partition coefficient (Wildman–Crippen LogP) is 5.36. The summed E-state index contributed by atoms with van der Waals surface area (Å²) in [5.74, 6) is -0.214. The van der Waals surface area contributed by atoms with Crippen molar-refractivity contribution in [2.75, 3.05) is 6.54 Å². The van der Waals surface area contributed by atoms with Crippen LogP contribution in [0.5, 0.6) is 0 Å². The Morgan fingerprint density at radius 3 is 2.34 bits per heavy atom. The lowest BCUT2D eigenvalue weighted by atomic mass is 10.0. The van der Waals surface area contributed by atoms with E-state index in [0.717, 1.165) is 0 Å². The third-order valence-corrected chi connectivity index (χ3v) is 5.67. The van der Waals surface area contributed by atoms with Gasteiger partial charge in [0.1, 0.15) is 6.04 Å². The molecule has 1 aliphatic heterocycles. The standard InChI is InChI=1S/C13H18.C12H20N2O5.C3H4/c1-3-12(2)8-7-11-13-9-5-4-6-10-13;1-7(10(15)16)6-8(2)13-12(19)14-5-3-4-9(14)11(17)18;1-3-2/h3-6,9-10H,7-8,11H2,1-2H3;7-9H,3-6H2,1-2H3,(H,13,19)(H,15,16)(H,17,18);1H,2H3/b12-3-;;/t;7-,8?,9+;/m.1./s1. The van der Waals surface area contributed by atoms with Gasteiger partial charge in [-0.25, -0.2) is 9.59 Å². The zero-order chi connectivity index (χ0) is 26.8. The van der Waals surface area contributed by atoms with Crippen molar-refractivity contribution in [2.24, 2.45) is 5.92 Å². The molecule has 1 fully saturated rings. The van der Waals surface area contributed by atoms with E-state index in [-0.39, 0.29) is 6.04 Å². The molecule has 3 atom stereocenters. The number of hydrogen-bond acceptors (Lipinski definition) is 3. The maximum Gasteiger partial charge on any atom is 0.326 e. The highest BCUT2D eigenvalue weighted by molar-refractivity contribution is 5.83. The monoisotopic (exact) mass is 486 g/mol. The zero-order valence-electron chi connectivity index (χ0n) is 21.8. The van der Waals surface area contributed by atoms with E-state index in [9.17, 15) is 14.4 Å². The van der Waals surface area contributed by atoms with Crippen molar-refractivity contribution in [2.45, 2.75) is 85.2 Å². The minimum atomic E-state index is -1.00. The average molecular weight is 487 g/mol. The number of allylic oxidation sites excluding steroid dienone is 2. The van der Waals surface area contributed by atoms with Gasteiger partial charge < -0.3 is 20.4 Å². The molecule has 0 saturated carbocycles. The van der Waals surface area contributed by atoms with Gasteiger partial charge in [0, 0.05) is 12.6 Å². The Hall–Kier alpha value is -3.27. The number of aryl methyl sites for hydroxylation is 1. The first-order valence-corrected chi connectivity index (χ1v) is 12.1. The minimum Gasteiger partial charge on any atom is -0.481 e. The first-order chi connectivity index (χ1) is 16.6. The van der Waals surface area contributed by atoms with Gasteiger partial charge in [-0.1, -0.05) is 48.9 Å². The molecular formula is C28H42N2O5. The summed E-state index contributed by atoms with van der Waals surface area (Å²) in [6.07, 6.45) is 11.9. The van der Waals surface area contributed by atoms with Crippen LogP contribution in [0.2, 0.25) is 0 Å². The lowest BCUT2D eigenvalue weighted by Crippen LogP contribution is -2.48. The van der Waals surface area contributed by atoms with E-state index in [2.05, 4.69) is 67.9 Å². The van der Waals surface area contributed by atoms with Gasteiger partial charge in [0.15, 0.2) is 0 Å². The molecule has 1 saturated heterocycles. The number of terminal acetylenes is 1. The van der Waals surface area contributed by atoms with Crippen molar-refractivity contribution in [3.05, 3.63) is 47.5 Å². The van der Waals surface area contributed by atoms with E-state index < -0.39 is 29.9 Å². The number of urea groups is 1. The minimum absolute atomic E-state index is 0.311. The fourth-order valence-corrected chi connectivity index (χ4v) is 3.61. The molecule has 1 aliphatic rings. The molecule has 1 heterocycles. The van der Waals surface area contributed by atoms with Crippen LogP contribution in [0.25, 0.3) is 0 Å². The summed E-state index contributed by atoms with van der Waals surface area (Å²) in [6.45, 7) is 9.66. The van der Waals surface area contributed by atoms with Crippen LogP contribution < -0.4 is 5.32 Å². The number of likely N-dealkylation sites (tertiary alicyclic amines) is 1. The normalized spacial score (nSPS) is 16.4. The van der Waals surface area contributed by atoms with Crippen LogP contribution >= 0.6 is 0 Å². The van der Waals surface area contributed by atoms with Gasteiger partial charge in [-0.05, 0) is 71.8 Å². The molecule has 0 spiro atoms. The van der Waals surface area contributed by atoms with Gasteiger partial charge in [-0.15, -0.1) is 12.3 Å². The van der Waals surface area contributed by atoms with E-state index in [1.165, 1.54) is 35.3 Å². The molecule has 7 nitrogen and oxygen atoms in total. The van der Waals surface area contributed by atoms with E-state index in [0.29, 0.717) is 25.8 Å². The number of nitrogens with one attached hydrogen (secondary N) is 1. The van der Waals surface area contributed by atoms with Crippen LogP contribution in [-0.4, -0.2) is 51.7 Å². The zero-order valence-corrected chi connectivity index (χ0v) is 21.8. The van der Waals surface area contributed by atoms with E-state index in [4.69, 9.17) is 10.2 Å². The van der Waals surface area contributed by atoms with Crippen LogP contribution in [0.1, 0.15) is 72.3 Å². The summed E-state index contributed by atoms with van der Waals surface area (Å²) in [7, 11) is 0. The molecule has 2 amide bonds. The molecule has 194 valence electrons. The molecule has 0 radical (unpaired) electrons. The summed E-state index contributed by atoms with van der Waals surface area (Å²) in [4.78, 5) is 34.9. The summed E-state index contributed by atoms with van der Waals surface area (Å²) >= 11 is 0. The Kier molecular flexibility index (Phi) is 16.4. The first kappa shape index (κ1) is 31.7. The lowest BCUT2D eigenvalue weighted by molar-refractivity contribution is -0.142. The van der Waals surface area contributed by atoms with Gasteiger partial charge in [-0.2, -0.15) is 0 Å². The maximum atomic E-state index is 11.9. The predicted molar refractivity (Wildman–Crippen MR) is 140 cm³/mol. The van der Waals surface area contributed by atoms with E-state index >= 15 is 0 Å². The van der Waals surface area contributed by atoms with Crippen molar-refractivity contribution >= 4 is 18.0 Å². The SMILES string of the molecule is C#CC.C/C=C(/C)CCCc1ccccc1.CC(C[C@@H](C)C(=O)O)NC(=O)N1CCC[C@H]1C(=O)O. The topological polar surface area (TPSA) is 107 Å². The molecule has 0 aliphatic carbocycles. The Labute approximate surface area is 210 Å². The van der Waals surface area contributed by atoms with Gasteiger partial charge in [-0.3, -0.25) is 4.79 Å². The number of carboxylic acid groups (broad SMARTS) is 2. The number of aliphatic carboxylic acids is 2. The maximum absolute atomic E-state index is 11.9. The highest BCUT2D eigenvalue weighted by Crippen LogP contribution is 2.18. The van der Waals surface area contributed by atoms with Gasteiger partial charge in [0.2, 0.25) is 0 Å². The van der Waals surface area contributed by atoms with Gasteiger partial charge in [0.25, 0.3) is 0 Å². The van der Waals surface area contributed by atoms with Crippen LogP contribution in [0.15, 0.2) is 42.0 Å². The summed E-state index contributed by atoms with van der Waals surface area (Å²) in [5, 5.41) is 20.4. The van der Waals surface area contributed by atoms with Gasteiger partial charge in [0.05, 0.1) is 5.92 Å². The molecule has 3 N–H and O–H groups in total. The number of rotatable bonds is 9. The van der Waals surface area contributed by atoms with Crippen molar-refractivity contribution in [1.29, 1.82) is 0 Å². The molecule has 1 aromatic rings. The number of amides is 2. The summed E-state index contributed by atoms with van der Waals surface area (Å²) in [5.41, 5.74) is 2.95. The number of benzene rings is 1. The highest BCUT2D eigenvalue weighted by Gasteiger charge is 2.34. The lowest BCUT2D eigenvalue weighted by Gasteiger charge is -2.25. The quantitative estimate of drug-likeness (QED) is 0.322. The summed E-state index contributed by atoms with van der Waals surface area (Å²) < 4.78 is 0. The Balaban J connectivity index is 0.000000626. The molecule has 1 aromatic carbocycles. The van der Waals surface area contributed by atoms with Crippen LogP contribution in [0.4, 0.5) is 4.79 Å². The number of carboxylic acids is 2. The Morgan fingerprint density at radius 1 is 1.23 bits per heavy atom. The number of hydrogen-bond donors (Lipinski definition) is 3. The number of carbonyl (C=O) groups excluding carboxylic acids is 1. The van der Waals surface area contributed by atoms with Crippen LogP contribution in [0.3, 0.4) is 0 Å². The number of carbonyl (C=O) groups is 3. The second kappa shape index (κ2) is 18.1. The largest absolute Gasteiger partial charge is 0.481 e. The molecule has 35 heavy (non-hydrogen) atoms. The molecular weight excluding hydrogens is 444 g/mol. The van der Waals surface area contributed by atoms with Crippen LogP contribution in [-0.2, 0) is 16.0 Å². The number of nitrogens with zero attached hydrogens (tertiary/aromatic N) is 1. The molecule has 1 unspecified atom stereocenters. The fraction of sp³-hybridized carbons (Fsp3) is 0.536. The molecule has 0 aromatic heterocycles. The van der Waals surface area contributed by atoms with Crippen molar-refractivity contribution in [3.8, 4) is 12.3 Å². The van der Waals surface area contributed by atoms with Crippen molar-refractivity contribution < 1.29 is 24.6 Å². The molecule has 0 bridgehead atoms. The smallest absolute Gasteiger partial charge is 0.326 e. The van der Waals surface area contributed by atoms with Crippen LogP contribution in [0, 0.1) is 18.3 Å². The second-order valence-electron chi connectivity index (χ2n) is 8.78. The summed E-state index contributed by atoms with van der Waals surface area (Å²) in [6, 6.07) is 9.17. The third-order valence-electron chi connectivity index (χ3n) is 5.67. The van der Waals surface area contributed by atoms with Crippen molar-refractivity contribution in [3.63, 3.8) is 0 Å².